The molecular weight excluding hydrogens is 360 g/mol. The number of aryl methyl sites for hydroxylation is 1. The average molecular weight is 379 g/mol. The van der Waals surface area contributed by atoms with Crippen LogP contribution in [-0.2, 0) is 22.6 Å². The maximum absolute atomic E-state index is 12.3. The van der Waals surface area contributed by atoms with E-state index in [1.165, 1.54) is 11.3 Å². The van der Waals surface area contributed by atoms with Gasteiger partial charge in [0.1, 0.15) is 4.34 Å². The fourth-order valence-corrected chi connectivity index (χ4v) is 3.88. The minimum absolute atomic E-state index is 0.0132. The van der Waals surface area contributed by atoms with Gasteiger partial charge in [-0.15, -0.1) is 11.3 Å². The molecular formula is C17H19ClN4O2S. The Morgan fingerprint density at radius 1 is 1.44 bits per heavy atom. The van der Waals surface area contributed by atoms with Crippen molar-refractivity contribution in [3.05, 3.63) is 45.1 Å². The molecule has 0 spiro atoms. The van der Waals surface area contributed by atoms with Gasteiger partial charge in [-0.25, -0.2) is 4.98 Å². The Balaban J connectivity index is 1.47. The second-order valence-corrected chi connectivity index (χ2v) is 7.72. The highest BCUT2D eigenvalue weighted by Crippen LogP contribution is 2.23. The third-order valence-electron chi connectivity index (χ3n) is 4.13. The van der Waals surface area contributed by atoms with Gasteiger partial charge in [0.25, 0.3) is 0 Å². The largest absolute Gasteiger partial charge is 0.355 e. The van der Waals surface area contributed by atoms with E-state index in [9.17, 15) is 9.59 Å². The first kappa shape index (κ1) is 17.8. The van der Waals surface area contributed by atoms with Gasteiger partial charge in [-0.1, -0.05) is 11.6 Å². The van der Waals surface area contributed by atoms with Crippen LogP contribution < -0.4 is 5.32 Å². The van der Waals surface area contributed by atoms with E-state index in [0.717, 1.165) is 16.3 Å². The van der Waals surface area contributed by atoms with Gasteiger partial charge in [0.15, 0.2) is 0 Å². The minimum atomic E-state index is -0.295. The molecule has 2 aromatic heterocycles. The summed E-state index contributed by atoms with van der Waals surface area (Å²) in [6.07, 6.45) is 4.31. The maximum Gasteiger partial charge on any atom is 0.225 e. The number of hydrogen-bond donors (Lipinski definition) is 1. The van der Waals surface area contributed by atoms with Gasteiger partial charge in [-0.3, -0.25) is 14.6 Å². The lowest BCUT2D eigenvalue weighted by Gasteiger charge is -2.16. The molecule has 6 nitrogen and oxygen atoms in total. The second-order valence-electron chi connectivity index (χ2n) is 6.04. The predicted octanol–water partition coefficient (Wildman–Crippen LogP) is 2.21. The number of likely N-dealkylation sites (tertiary alicyclic amines) is 1. The number of thiazole rings is 1. The van der Waals surface area contributed by atoms with E-state index in [-0.39, 0.29) is 24.2 Å². The number of hydrogen-bond acceptors (Lipinski definition) is 5. The van der Waals surface area contributed by atoms with Gasteiger partial charge in [-0.2, -0.15) is 0 Å². The van der Waals surface area contributed by atoms with Crippen LogP contribution in [0.2, 0.25) is 4.34 Å². The van der Waals surface area contributed by atoms with Gasteiger partial charge in [0.05, 0.1) is 16.6 Å². The van der Waals surface area contributed by atoms with Crippen molar-refractivity contribution < 1.29 is 9.59 Å². The molecule has 132 valence electrons. The zero-order valence-corrected chi connectivity index (χ0v) is 15.4. The lowest BCUT2D eigenvalue weighted by molar-refractivity contribution is -0.129. The molecule has 0 radical (unpaired) electrons. The monoisotopic (exact) mass is 378 g/mol. The van der Waals surface area contributed by atoms with Crippen molar-refractivity contribution in [2.75, 3.05) is 13.1 Å². The zero-order chi connectivity index (χ0) is 17.8. The Labute approximate surface area is 155 Å². The van der Waals surface area contributed by atoms with Crippen molar-refractivity contribution in [2.45, 2.75) is 26.3 Å². The molecule has 0 saturated carbocycles. The summed E-state index contributed by atoms with van der Waals surface area (Å²) in [7, 11) is 0. The van der Waals surface area contributed by atoms with Gasteiger partial charge in [0.2, 0.25) is 11.8 Å². The summed E-state index contributed by atoms with van der Waals surface area (Å²) in [5, 5.41) is 3.81. The summed E-state index contributed by atoms with van der Waals surface area (Å²) in [6.45, 7) is 3.33. The fourth-order valence-electron chi connectivity index (χ4n) is 2.78. The van der Waals surface area contributed by atoms with Crippen LogP contribution in [0.4, 0.5) is 0 Å². The van der Waals surface area contributed by atoms with Gasteiger partial charge < -0.3 is 10.2 Å². The van der Waals surface area contributed by atoms with Crippen molar-refractivity contribution >= 4 is 34.8 Å². The summed E-state index contributed by atoms with van der Waals surface area (Å²) < 4.78 is 0.689. The quantitative estimate of drug-likeness (QED) is 0.836. The summed E-state index contributed by atoms with van der Waals surface area (Å²) in [5.41, 5.74) is 1.83. The van der Waals surface area contributed by atoms with Gasteiger partial charge in [0, 0.05) is 44.9 Å². The van der Waals surface area contributed by atoms with Crippen LogP contribution in [0.15, 0.2) is 24.5 Å². The number of rotatable bonds is 6. The van der Waals surface area contributed by atoms with Crippen LogP contribution in [0.3, 0.4) is 0 Å². The van der Waals surface area contributed by atoms with Crippen LogP contribution in [-0.4, -0.2) is 39.8 Å². The number of nitrogens with one attached hydrogen (secondary N) is 1. The highest BCUT2D eigenvalue weighted by molar-refractivity contribution is 7.16. The molecule has 0 aromatic carbocycles. The molecule has 3 heterocycles. The number of carbonyl (C=O) groups excluding carboxylic acids is 2. The first-order chi connectivity index (χ1) is 12.0. The summed E-state index contributed by atoms with van der Waals surface area (Å²) in [6, 6.07) is 3.75. The number of nitrogens with zero attached hydrogens (tertiary/aromatic N) is 3. The molecule has 2 aromatic rings. The SMILES string of the molecule is Cc1nc(CCNC(=O)[C@@H]2CC(=O)N(Cc3ccncc3)C2)sc1Cl. The molecule has 2 amide bonds. The van der Waals surface area contributed by atoms with Crippen LogP contribution in [0.5, 0.6) is 0 Å². The molecule has 0 aliphatic carbocycles. The molecule has 1 fully saturated rings. The molecule has 8 heteroatoms. The molecule has 1 N–H and O–H groups in total. The molecule has 25 heavy (non-hydrogen) atoms. The molecule has 1 aliphatic heterocycles. The summed E-state index contributed by atoms with van der Waals surface area (Å²) in [4.78, 5) is 34.5. The Bertz CT molecular complexity index is 746. The van der Waals surface area contributed by atoms with Crippen LogP contribution >= 0.6 is 22.9 Å². The third kappa shape index (κ3) is 4.55. The topological polar surface area (TPSA) is 75.2 Å². The zero-order valence-electron chi connectivity index (χ0n) is 13.9. The standard InChI is InChI=1S/C17H19ClN4O2S/c1-11-16(18)25-14(21-11)4-7-20-17(24)13-8-15(23)22(10-13)9-12-2-5-19-6-3-12/h2-3,5-6,13H,4,7-10H2,1H3,(H,20,24)/t13-/m1/s1. The molecule has 0 bridgehead atoms. The minimum Gasteiger partial charge on any atom is -0.355 e. The predicted molar refractivity (Wildman–Crippen MR) is 96.3 cm³/mol. The number of carbonyl (C=O) groups is 2. The second kappa shape index (κ2) is 7.93. The average Bonchev–Trinajstić information content (AvgIpc) is 3.11. The van der Waals surface area contributed by atoms with E-state index < -0.39 is 0 Å². The van der Waals surface area contributed by atoms with E-state index in [1.54, 1.807) is 17.3 Å². The third-order valence-corrected chi connectivity index (χ3v) is 5.64. The van der Waals surface area contributed by atoms with E-state index >= 15 is 0 Å². The van der Waals surface area contributed by atoms with Gasteiger partial charge >= 0.3 is 0 Å². The van der Waals surface area contributed by atoms with Gasteiger partial charge in [-0.05, 0) is 24.6 Å². The number of pyridine rings is 1. The van der Waals surface area contributed by atoms with Crippen LogP contribution in [0.25, 0.3) is 0 Å². The fraction of sp³-hybridized carbons (Fsp3) is 0.412. The summed E-state index contributed by atoms with van der Waals surface area (Å²) >= 11 is 7.43. The number of halogens is 1. The molecule has 0 unspecified atom stereocenters. The Kier molecular flexibility index (Phi) is 5.65. The Morgan fingerprint density at radius 3 is 2.88 bits per heavy atom. The Morgan fingerprint density at radius 2 is 2.20 bits per heavy atom. The smallest absolute Gasteiger partial charge is 0.225 e. The van der Waals surface area contributed by atoms with E-state index in [2.05, 4.69) is 15.3 Å². The highest BCUT2D eigenvalue weighted by atomic mass is 35.5. The summed E-state index contributed by atoms with van der Waals surface area (Å²) in [5.74, 6) is -0.361. The number of amides is 2. The van der Waals surface area contributed by atoms with Crippen molar-refractivity contribution in [2.24, 2.45) is 5.92 Å². The molecule has 1 aliphatic rings. The van der Waals surface area contributed by atoms with Crippen LogP contribution in [0, 0.1) is 12.8 Å². The first-order valence-electron chi connectivity index (χ1n) is 8.09. The molecule has 1 atom stereocenters. The van der Waals surface area contributed by atoms with Crippen LogP contribution in [0.1, 0.15) is 22.7 Å². The maximum atomic E-state index is 12.3. The normalized spacial score (nSPS) is 17.1. The van der Waals surface area contributed by atoms with Crippen molar-refractivity contribution in [1.82, 2.24) is 20.2 Å². The van der Waals surface area contributed by atoms with E-state index in [0.29, 0.717) is 30.4 Å². The highest BCUT2D eigenvalue weighted by Gasteiger charge is 2.34. The molecule has 3 rings (SSSR count). The number of aromatic nitrogens is 2. The van der Waals surface area contributed by atoms with Crippen molar-refractivity contribution in [3.63, 3.8) is 0 Å². The lowest BCUT2D eigenvalue weighted by Crippen LogP contribution is -2.34. The first-order valence-corrected chi connectivity index (χ1v) is 9.28. The lowest BCUT2D eigenvalue weighted by atomic mass is 10.1. The van der Waals surface area contributed by atoms with E-state index in [4.69, 9.17) is 11.6 Å². The van der Waals surface area contributed by atoms with Crippen molar-refractivity contribution in [3.8, 4) is 0 Å². The molecule has 1 saturated heterocycles. The van der Waals surface area contributed by atoms with E-state index in [1.807, 2.05) is 19.1 Å². The Hall–Kier alpha value is -1.99. The van der Waals surface area contributed by atoms with Crippen molar-refractivity contribution in [1.29, 1.82) is 0 Å².